The summed E-state index contributed by atoms with van der Waals surface area (Å²) in [6.07, 6.45) is 0. The summed E-state index contributed by atoms with van der Waals surface area (Å²) in [5.41, 5.74) is 6.09. The minimum Gasteiger partial charge on any atom is -0.350 e. The van der Waals surface area contributed by atoms with Crippen LogP contribution in [0.3, 0.4) is 0 Å². The fourth-order valence-electron chi connectivity index (χ4n) is 3.81. The van der Waals surface area contributed by atoms with Crippen LogP contribution in [-0.4, -0.2) is 16.7 Å². The van der Waals surface area contributed by atoms with E-state index in [0.717, 1.165) is 27.9 Å². The molecule has 0 atom stereocenters. The molecule has 156 valence electrons. The number of hydrogen-bond acceptors (Lipinski definition) is 3. The highest BCUT2D eigenvalue weighted by Crippen LogP contribution is 2.33. The zero-order valence-electron chi connectivity index (χ0n) is 17.7. The van der Waals surface area contributed by atoms with Gasteiger partial charge in [-0.05, 0) is 61.2 Å². The van der Waals surface area contributed by atoms with Gasteiger partial charge in [-0.3, -0.25) is 14.5 Å². The van der Waals surface area contributed by atoms with Gasteiger partial charge in [0.25, 0.3) is 11.8 Å². The van der Waals surface area contributed by atoms with E-state index < -0.39 is 0 Å². The van der Waals surface area contributed by atoms with Gasteiger partial charge in [-0.2, -0.15) is 0 Å². The third-order valence-corrected chi connectivity index (χ3v) is 5.65. The molecule has 0 radical (unpaired) electrons. The summed E-state index contributed by atoms with van der Waals surface area (Å²) in [7, 11) is 0. The normalized spacial score (nSPS) is 13.9. The van der Waals surface area contributed by atoms with Gasteiger partial charge in [-0.1, -0.05) is 65.7 Å². The van der Waals surface area contributed by atoms with E-state index in [1.54, 1.807) is 6.07 Å². The lowest BCUT2D eigenvalue weighted by atomic mass is 10.0. The van der Waals surface area contributed by atoms with E-state index in [9.17, 15) is 9.59 Å². The molecule has 0 saturated heterocycles. The zero-order chi connectivity index (χ0) is 22.1. The second-order valence-electron chi connectivity index (χ2n) is 7.91. The van der Waals surface area contributed by atoms with Crippen LogP contribution in [0, 0.1) is 20.8 Å². The Morgan fingerprint density at radius 1 is 0.806 bits per heavy atom. The first-order valence-electron chi connectivity index (χ1n) is 10.1. The molecule has 5 heteroatoms. The Labute approximate surface area is 187 Å². The van der Waals surface area contributed by atoms with Gasteiger partial charge in [-0.25, -0.2) is 0 Å². The maximum atomic E-state index is 13.4. The second-order valence-corrected chi connectivity index (χ2v) is 8.31. The molecule has 4 nitrogen and oxygen atoms in total. The van der Waals surface area contributed by atoms with E-state index in [2.05, 4.69) is 11.4 Å². The molecule has 4 rings (SSSR count). The standard InChI is InChI=1S/C26H23ClN2O2/c1-16-8-10-19(11-9-16)23-24(28-21-13-17(2)12-18(3)14-21)26(31)29(25(23)30)15-20-6-4-5-7-22(20)27/h4-14,28H,15H2,1-3H3. The molecule has 1 aliphatic heterocycles. The third-order valence-electron chi connectivity index (χ3n) is 5.29. The minimum absolute atomic E-state index is 0.116. The van der Waals surface area contributed by atoms with Crippen LogP contribution < -0.4 is 5.32 Å². The summed E-state index contributed by atoms with van der Waals surface area (Å²) < 4.78 is 0. The predicted molar refractivity (Wildman–Crippen MR) is 125 cm³/mol. The molecule has 2 amide bonds. The number of amides is 2. The van der Waals surface area contributed by atoms with Gasteiger partial charge in [0.2, 0.25) is 0 Å². The fourth-order valence-corrected chi connectivity index (χ4v) is 4.01. The Morgan fingerprint density at radius 3 is 2.10 bits per heavy atom. The van der Waals surface area contributed by atoms with Crippen LogP contribution in [0.5, 0.6) is 0 Å². The Kier molecular flexibility index (Phi) is 5.66. The average molecular weight is 431 g/mol. The van der Waals surface area contributed by atoms with Crippen LogP contribution in [-0.2, 0) is 16.1 Å². The van der Waals surface area contributed by atoms with Crippen LogP contribution in [0.25, 0.3) is 5.57 Å². The molecule has 0 spiro atoms. The molecule has 3 aromatic rings. The van der Waals surface area contributed by atoms with Crippen molar-refractivity contribution in [2.45, 2.75) is 27.3 Å². The van der Waals surface area contributed by atoms with E-state index in [1.807, 2.05) is 75.4 Å². The highest BCUT2D eigenvalue weighted by Gasteiger charge is 2.39. The van der Waals surface area contributed by atoms with Gasteiger partial charge in [0.1, 0.15) is 5.70 Å². The number of carbonyl (C=O) groups excluding carboxylic acids is 2. The van der Waals surface area contributed by atoms with E-state index in [0.29, 0.717) is 16.2 Å². The molecule has 1 N–H and O–H groups in total. The summed E-state index contributed by atoms with van der Waals surface area (Å²) in [4.78, 5) is 28.1. The van der Waals surface area contributed by atoms with Gasteiger partial charge in [0.05, 0.1) is 12.1 Å². The smallest absolute Gasteiger partial charge is 0.278 e. The zero-order valence-corrected chi connectivity index (χ0v) is 18.5. The van der Waals surface area contributed by atoms with Crippen molar-refractivity contribution in [3.8, 4) is 0 Å². The first-order valence-corrected chi connectivity index (χ1v) is 10.5. The third kappa shape index (κ3) is 4.25. The molecule has 0 bridgehead atoms. The molecule has 1 heterocycles. The van der Waals surface area contributed by atoms with Crippen molar-refractivity contribution in [2.75, 3.05) is 5.32 Å². The number of aryl methyl sites for hydroxylation is 3. The molecule has 1 aliphatic rings. The predicted octanol–water partition coefficient (Wildman–Crippen LogP) is 5.66. The first kappa shape index (κ1) is 20.9. The quantitative estimate of drug-likeness (QED) is 0.531. The molecule has 0 aliphatic carbocycles. The molecule has 3 aromatic carbocycles. The number of benzene rings is 3. The number of nitrogens with zero attached hydrogens (tertiary/aromatic N) is 1. The lowest BCUT2D eigenvalue weighted by Gasteiger charge is -2.16. The summed E-state index contributed by atoms with van der Waals surface area (Å²) in [5, 5.41) is 3.75. The molecular weight excluding hydrogens is 408 g/mol. The SMILES string of the molecule is Cc1ccc(C2=C(Nc3cc(C)cc(C)c3)C(=O)N(Cc3ccccc3Cl)C2=O)cc1. The van der Waals surface area contributed by atoms with Crippen LogP contribution in [0.4, 0.5) is 5.69 Å². The van der Waals surface area contributed by atoms with Gasteiger partial charge >= 0.3 is 0 Å². The van der Waals surface area contributed by atoms with Crippen molar-refractivity contribution in [1.82, 2.24) is 4.90 Å². The van der Waals surface area contributed by atoms with Gasteiger partial charge in [0, 0.05) is 10.7 Å². The highest BCUT2D eigenvalue weighted by atomic mass is 35.5. The first-order chi connectivity index (χ1) is 14.8. The fraction of sp³-hybridized carbons (Fsp3) is 0.154. The largest absolute Gasteiger partial charge is 0.350 e. The van der Waals surface area contributed by atoms with Crippen molar-refractivity contribution in [1.29, 1.82) is 0 Å². The monoisotopic (exact) mass is 430 g/mol. The molecule has 0 unspecified atom stereocenters. The molecule has 31 heavy (non-hydrogen) atoms. The summed E-state index contributed by atoms with van der Waals surface area (Å²) in [5.74, 6) is -0.694. The van der Waals surface area contributed by atoms with Crippen molar-refractivity contribution in [3.63, 3.8) is 0 Å². The molecule has 0 aromatic heterocycles. The van der Waals surface area contributed by atoms with Gasteiger partial charge < -0.3 is 5.32 Å². The summed E-state index contributed by atoms with van der Waals surface area (Å²) >= 11 is 6.29. The number of carbonyl (C=O) groups is 2. The van der Waals surface area contributed by atoms with E-state index in [1.165, 1.54) is 4.90 Å². The number of rotatable bonds is 5. The van der Waals surface area contributed by atoms with Crippen molar-refractivity contribution >= 4 is 34.7 Å². The van der Waals surface area contributed by atoms with Crippen molar-refractivity contribution < 1.29 is 9.59 Å². The van der Waals surface area contributed by atoms with Crippen molar-refractivity contribution in [3.05, 3.63) is 105 Å². The number of nitrogens with one attached hydrogen (secondary N) is 1. The van der Waals surface area contributed by atoms with E-state index in [4.69, 9.17) is 11.6 Å². The maximum absolute atomic E-state index is 13.4. The summed E-state index contributed by atoms with van der Waals surface area (Å²) in [6, 6.07) is 20.8. The van der Waals surface area contributed by atoms with E-state index >= 15 is 0 Å². The van der Waals surface area contributed by atoms with Crippen LogP contribution >= 0.6 is 11.6 Å². The Morgan fingerprint density at radius 2 is 1.45 bits per heavy atom. The average Bonchev–Trinajstić information content (AvgIpc) is 2.94. The Bertz CT molecular complexity index is 1190. The van der Waals surface area contributed by atoms with Crippen LogP contribution in [0.15, 0.2) is 72.4 Å². The topological polar surface area (TPSA) is 49.4 Å². The Balaban J connectivity index is 1.77. The highest BCUT2D eigenvalue weighted by molar-refractivity contribution is 6.36. The van der Waals surface area contributed by atoms with Crippen LogP contribution in [0.2, 0.25) is 5.02 Å². The Hall–Kier alpha value is -3.37. The number of imide groups is 1. The van der Waals surface area contributed by atoms with Gasteiger partial charge in [-0.15, -0.1) is 0 Å². The van der Waals surface area contributed by atoms with Crippen molar-refractivity contribution in [2.24, 2.45) is 0 Å². The number of hydrogen-bond donors (Lipinski definition) is 1. The minimum atomic E-state index is -0.361. The lowest BCUT2D eigenvalue weighted by molar-refractivity contribution is -0.137. The number of anilines is 1. The number of halogens is 1. The van der Waals surface area contributed by atoms with E-state index in [-0.39, 0.29) is 24.1 Å². The van der Waals surface area contributed by atoms with Gasteiger partial charge in [0.15, 0.2) is 0 Å². The van der Waals surface area contributed by atoms with Crippen LogP contribution in [0.1, 0.15) is 27.8 Å². The molecular formula is C26H23ClN2O2. The summed E-state index contributed by atoms with van der Waals surface area (Å²) in [6.45, 7) is 6.10. The molecule has 0 fully saturated rings. The second kappa shape index (κ2) is 8.40. The maximum Gasteiger partial charge on any atom is 0.278 e. The lowest BCUT2D eigenvalue weighted by Crippen LogP contribution is -2.32. The molecule has 0 saturated carbocycles.